The van der Waals surface area contributed by atoms with E-state index in [9.17, 15) is 4.79 Å². The van der Waals surface area contributed by atoms with Gasteiger partial charge in [0.15, 0.2) is 0 Å². The van der Waals surface area contributed by atoms with Crippen molar-refractivity contribution in [1.82, 2.24) is 25.0 Å². The van der Waals surface area contributed by atoms with Crippen molar-refractivity contribution in [3.8, 4) is 11.4 Å². The zero-order chi connectivity index (χ0) is 16.5. The molecule has 4 rings (SSSR count). The molecule has 0 radical (unpaired) electrons. The molecule has 0 bridgehead atoms. The number of amides is 1. The molecule has 1 saturated heterocycles. The highest BCUT2D eigenvalue weighted by Gasteiger charge is 2.36. The molecule has 8 heteroatoms. The molecule has 0 saturated carbocycles. The van der Waals surface area contributed by atoms with Crippen LogP contribution in [0.3, 0.4) is 0 Å². The molecule has 1 aliphatic rings. The van der Waals surface area contributed by atoms with Crippen molar-refractivity contribution < 1.29 is 9.32 Å². The maximum absolute atomic E-state index is 12.4. The number of nitrogens with zero attached hydrogens (tertiary/aromatic N) is 5. The van der Waals surface area contributed by atoms with E-state index in [0.29, 0.717) is 30.4 Å². The lowest BCUT2D eigenvalue weighted by Gasteiger charge is -2.37. The molecule has 4 heterocycles. The normalized spacial score (nSPS) is 14.5. The lowest BCUT2D eigenvalue weighted by molar-refractivity contribution is 0.0568. The summed E-state index contributed by atoms with van der Waals surface area (Å²) in [5, 5.41) is 3.98. The Morgan fingerprint density at radius 2 is 2.12 bits per heavy atom. The zero-order valence-electron chi connectivity index (χ0n) is 12.5. The second kappa shape index (κ2) is 6.12. The van der Waals surface area contributed by atoms with E-state index in [1.54, 1.807) is 35.8 Å². The van der Waals surface area contributed by atoms with Crippen LogP contribution < -0.4 is 0 Å². The van der Waals surface area contributed by atoms with E-state index in [4.69, 9.17) is 4.52 Å². The Morgan fingerprint density at radius 1 is 1.25 bits per heavy atom. The van der Waals surface area contributed by atoms with E-state index in [2.05, 4.69) is 36.0 Å². The van der Waals surface area contributed by atoms with Gasteiger partial charge in [0, 0.05) is 47.9 Å². The molecule has 3 aromatic heterocycles. The van der Waals surface area contributed by atoms with Gasteiger partial charge in [-0.05, 0) is 34.1 Å². The summed E-state index contributed by atoms with van der Waals surface area (Å²) in [6.45, 7) is 1.11. The summed E-state index contributed by atoms with van der Waals surface area (Å²) in [6, 6.07) is 5.45. The van der Waals surface area contributed by atoms with Gasteiger partial charge in [0.05, 0.1) is 11.5 Å². The van der Waals surface area contributed by atoms with E-state index in [1.807, 2.05) is 12.1 Å². The standard InChI is InChI=1S/C16H12BrN5O2/c17-13-4-11(6-19-7-13)16(23)22-8-12(9-22)15-20-14(21-24-15)10-2-1-3-18-5-10/h1-7,12H,8-9H2. The molecule has 24 heavy (non-hydrogen) atoms. The van der Waals surface area contributed by atoms with Crippen LogP contribution in [-0.2, 0) is 0 Å². The zero-order valence-corrected chi connectivity index (χ0v) is 14.0. The van der Waals surface area contributed by atoms with Crippen molar-refractivity contribution in [2.45, 2.75) is 5.92 Å². The van der Waals surface area contributed by atoms with E-state index in [1.165, 1.54) is 0 Å². The fourth-order valence-corrected chi connectivity index (χ4v) is 2.89. The number of carbonyl (C=O) groups is 1. The predicted molar refractivity (Wildman–Crippen MR) is 88.1 cm³/mol. The maximum atomic E-state index is 12.4. The van der Waals surface area contributed by atoms with Gasteiger partial charge in [0.1, 0.15) is 0 Å². The van der Waals surface area contributed by atoms with Crippen LogP contribution in [0, 0.1) is 0 Å². The molecule has 120 valence electrons. The van der Waals surface area contributed by atoms with Gasteiger partial charge < -0.3 is 9.42 Å². The summed E-state index contributed by atoms with van der Waals surface area (Å²) in [5.41, 5.74) is 1.37. The van der Waals surface area contributed by atoms with Crippen LogP contribution in [0.5, 0.6) is 0 Å². The topological polar surface area (TPSA) is 85.0 Å². The Kier molecular flexibility index (Phi) is 3.81. The summed E-state index contributed by atoms with van der Waals surface area (Å²) in [5.74, 6) is 1.07. The first-order chi connectivity index (χ1) is 11.7. The Morgan fingerprint density at radius 3 is 2.88 bits per heavy atom. The van der Waals surface area contributed by atoms with Crippen molar-refractivity contribution in [1.29, 1.82) is 0 Å². The Balaban J connectivity index is 1.43. The minimum absolute atomic E-state index is 0.0490. The monoisotopic (exact) mass is 385 g/mol. The molecule has 0 N–H and O–H groups in total. The van der Waals surface area contributed by atoms with Crippen molar-refractivity contribution in [2.24, 2.45) is 0 Å². The molecule has 0 aromatic carbocycles. The largest absolute Gasteiger partial charge is 0.339 e. The van der Waals surface area contributed by atoms with E-state index in [-0.39, 0.29) is 11.8 Å². The van der Waals surface area contributed by atoms with Gasteiger partial charge in [-0.1, -0.05) is 5.16 Å². The van der Waals surface area contributed by atoms with Crippen molar-refractivity contribution in [3.63, 3.8) is 0 Å². The quantitative estimate of drug-likeness (QED) is 0.688. The number of carbonyl (C=O) groups excluding carboxylic acids is 1. The summed E-state index contributed by atoms with van der Waals surface area (Å²) < 4.78 is 6.11. The summed E-state index contributed by atoms with van der Waals surface area (Å²) in [7, 11) is 0. The smallest absolute Gasteiger partial charge is 0.255 e. The average Bonchev–Trinajstić information content (AvgIpc) is 3.04. The molecule has 0 unspecified atom stereocenters. The van der Waals surface area contributed by atoms with Crippen LogP contribution >= 0.6 is 15.9 Å². The molecule has 1 fully saturated rings. The van der Waals surface area contributed by atoms with Crippen molar-refractivity contribution >= 4 is 21.8 Å². The highest BCUT2D eigenvalue weighted by atomic mass is 79.9. The van der Waals surface area contributed by atoms with Crippen LogP contribution in [0.1, 0.15) is 22.2 Å². The molecule has 0 aliphatic carbocycles. The van der Waals surface area contributed by atoms with Crippen molar-refractivity contribution in [2.75, 3.05) is 13.1 Å². The highest BCUT2D eigenvalue weighted by Crippen LogP contribution is 2.28. The first kappa shape index (κ1) is 14.9. The number of hydrogen-bond acceptors (Lipinski definition) is 6. The fourth-order valence-electron chi connectivity index (χ4n) is 2.53. The molecule has 0 spiro atoms. The molecule has 1 aliphatic heterocycles. The Hall–Kier alpha value is -2.61. The summed E-state index contributed by atoms with van der Waals surface area (Å²) in [4.78, 5) is 26.6. The average molecular weight is 386 g/mol. The van der Waals surface area contributed by atoms with Crippen LogP contribution in [0.2, 0.25) is 0 Å². The first-order valence-corrected chi connectivity index (χ1v) is 8.14. The minimum atomic E-state index is -0.0490. The summed E-state index contributed by atoms with van der Waals surface area (Å²) >= 11 is 3.32. The number of hydrogen-bond donors (Lipinski definition) is 0. The number of pyridine rings is 2. The maximum Gasteiger partial charge on any atom is 0.255 e. The molecule has 0 atom stereocenters. The molecule has 1 amide bonds. The van der Waals surface area contributed by atoms with Gasteiger partial charge in [0.2, 0.25) is 11.7 Å². The third-order valence-corrected chi connectivity index (χ3v) is 4.26. The van der Waals surface area contributed by atoms with Gasteiger partial charge >= 0.3 is 0 Å². The van der Waals surface area contributed by atoms with Gasteiger partial charge in [-0.3, -0.25) is 14.8 Å². The van der Waals surface area contributed by atoms with Gasteiger partial charge in [-0.25, -0.2) is 0 Å². The third kappa shape index (κ3) is 2.80. The Bertz CT molecular complexity index is 877. The summed E-state index contributed by atoms with van der Waals surface area (Å²) in [6.07, 6.45) is 6.59. The molecular formula is C16H12BrN5O2. The second-order valence-electron chi connectivity index (χ2n) is 5.50. The SMILES string of the molecule is O=C(c1cncc(Br)c1)N1CC(c2nc(-c3cccnc3)no2)C1. The Labute approximate surface area is 145 Å². The third-order valence-electron chi connectivity index (χ3n) is 3.83. The van der Waals surface area contributed by atoms with Crippen molar-refractivity contribution in [3.05, 3.63) is 58.9 Å². The number of halogens is 1. The van der Waals surface area contributed by atoms with Gasteiger partial charge in [-0.2, -0.15) is 4.98 Å². The lowest BCUT2D eigenvalue weighted by atomic mass is 9.99. The van der Waals surface area contributed by atoms with E-state index in [0.717, 1.165) is 10.0 Å². The molecule has 3 aromatic rings. The van der Waals surface area contributed by atoms with E-state index < -0.39 is 0 Å². The van der Waals surface area contributed by atoms with Crippen LogP contribution in [0.25, 0.3) is 11.4 Å². The predicted octanol–water partition coefficient (Wildman–Crippen LogP) is 2.53. The highest BCUT2D eigenvalue weighted by molar-refractivity contribution is 9.10. The fraction of sp³-hybridized carbons (Fsp3) is 0.188. The van der Waals surface area contributed by atoms with Gasteiger partial charge in [0.25, 0.3) is 5.91 Å². The van der Waals surface area contributed by atoms with Crippen LogP contribution in [0.4, 0.5) is 0 Å². The van der Waals surface area contributed by atoms with Crippen LogP contribution in [0.15, 0.2) is 52.0 Å². The van der Waals surface area contributed by atoms with Crippen LogP contribution in [-0.4, -0.2) is 44.0 Å². The lowest BCUT2D eigenvalue weighted by Crippen LogP contribution is -2.48. The van der Waals surface area contributed by atoms with Gasteiger partial charge in [-0.15, -0.1) is 0 Å². The number of aromatic nitrogens is 4. The first-order valence-electron chi connectivity index (χ1n) is 7.34. The number of likely N-dealkylation sites (tertiary alicyclic amines) is 1. The minimum Gasteiger partial charge on any atom is -0.339 e. The molecule has 7 nitrogen and oxygen atoms in total. The number of rotatable bonds is 3. The van der Waals surface area contributed by atoms with E-state index >= 15 is 0 Å². The molecular weight excluding hydrogens is 374 g/mol. The second-order valence-corrected chi connectivity index (χ2v) is 6.41.